The Morgan fingerprint density at radius 2 is 2.30 bits per heavy atom. The van der Waals surface area contributed by atoms with Crippen LogP contribution >= 0.6 is 0 Å². The summed E-state index contributed by atoms with van der Waals surface area (Å²) in [7, 11) is 0. The normalized spacial score (nSPS) is 53.4. The molecule has 2 rings (SSSR count). The van der Waals surface area contributed by atoms with Crippen LogP contribution in [-0.4, -0.2) is 23.3 Å². The molecule has 10 heavy (non-hydrogen) atoms. The van der Waals surface area contributed by atoms with Gasteiger partial charge >= 0.3 is 0 Å². The Labute approximate surface area is 61.6 Å². The fraction of sp³-hybridized carbons (Fsp3) is 1.00. The van der Waals surface area contributed by atoms with E-state index in [1.807, 2.05) is 6.92 Å². The first-order valence-electron chi connectivity index (χ1n) is 4.11. The average molecular weight is 141 g/mol. The minimum Gasteiger partial charge on any atom is -0.390 e. The van der Waals surface area contributed by atoms with Crippen LogP contribution in [0.1, 0.15) is 26.2 Å². The Hall–Kier alpha value is -0.0800. The summed E-state index contributed by atoms with van der Waals surface area (Å²) in [6.45, 7) is 3.08. The highest BCUT2D eigenvalue weighted by Gasteiger charge is 2.39. The molecule has 1 aliphatic carbocycles. The van der Waals surface area contributed by atoms with Gasteiger partial charge in [0.1, 0.15) is 0 Å². The molecule has 0 radical (unpaired) electrons. The Morgan fingerprint density at radius 3 is 3.00 bits per heavy atom. The standard InChI is InChI=1S/C8H15NO/c1-8(10)3-6-2-7(4-8)9-5-6/h6-7,9-10H,2-5H2,1H3. The maximum Gasteiger partial charge on any atom is 0.0637 e. The summed E-state index contributed by atoms with van der Waals surface area (Å²) < 4.78 is 0. The lowest BCUT2D eigenvalue weighted by Gasteiger charge is -2.32. The topological polar surface area (TPSA) is 32.3 Å². The van der Waals surface area contributed by atoms with Gasteiger partial charge in [-0.05, 0) is 38.6 Å². The van der Waals surface area contributed by atoms with E-state index in [0.717, 1.165) is 25.3 Å². The summed E-state index contributed by atoms with van der Waals surface area (Å²) in [4.78, 5) is 0. The summed E-state index contributed by atoms with van der Waals surface area (Å²) in [5.41, 5.74) is -0.378. The molecule has 1 saturated heterocycles. The fourth-order valence-corrected chi connectivity index (χ4v) is 2.45. The maximum absolute atomic E-state index is 9.72. The Kier molecular flexibility index (Phi) is 1.29. The predicted octanol–water partition coefficient (Wildman–Crippen LogP) is 0.509. The van der Waals surface area contributed by atoms with Crippen LogP contribution in [-0.2, 0) is 0 Å². The quantitative estimate of drug-likeness (QED) is 0.515. The van der Waals surface area contributed by atoms with Crippen LogP contribution in [0.5, 0.6) is 0 Å². The van der Waals surface area contributed by atoms with Crippen molar-refractivity contribution in [3.63, 3.8) is 0 Å². The molecule has 1 saturated carbocycles. The Balaban J connectivity index is 2.09. The van der Waals surface area contributed by atoms with Crippen LogP contribution in [0.4, 0.5) is 0 Å². The largest absolute Gasteiger partial charge is 0.390 e. The SMILES string of the molecule is CC1(O)CC2CNC(C2)C1. The molecule has 58 valence electrons. The van der Waals surface area contributed by atoms with E-state index in [-0.39, 0.29) is 5.60 Å². The zero-order valence-corrected chi connectivity index (χ0v) is 6.43. The fourth-order valence-electron chi connectivity index (χ4n) is 2.45. The van der Waals surface area contributed by atoms with Gasteiger partial charge in [-0.3, -0.25) is 0 Å². The Bertz CT molecular complexity index is 130. The van der Waals surface area contributed by atoms with Gasteiger partial charge in [-0.25, -0.2) is 0 Å². The van der Waals surface area contributed by atoms with E-state index < -0.39 is 0 Å². The van der Waals surface area contributed by atoms with Gasteiger partial charge in [0.05, 0.1) is 5.60 Å². The highest BCUT2D eigenvalue weighted by Crippen LogP contribution is 2.35. The van der Waals surface area contributed by atoms with Gasteiger partial charge in [0.25, 0.3) is 0 Å². The molecule has 2 fully saturated rings. The van der Waals surface area contributed by atoms with Gasteiger partial charge in [0.15, 0.2) is 0 Å². The minimum absolute atomic E-state index is 0.378. The molecule has 0 aromatic rings. The van der Waals surface area contributed by atoms with Crippen LogP contribution in [0.25, 0.3) is 0 Å². The van der Waals surface area contributed by atoms with Crippen molar-refractivity contribution in [2.45, 2.75) is 37.8 Å². The van der Waals surface area contributed by atoms with Crippen molar-refractivity contribution >= 4 is 0 Å². The first kappa shape index (κ1) is 6.62. The summed E-state index contributed by atoms with van der Waals surface area (Å²) in [6, 6.07) is 0.605. The molecule has 2 N–H and O–H groups in total. The molecule has 3 atom stereocenters. The second-order valence-electron chi connectivity index (χ2n) is 4.11. The smallest absolute Gasteiger partial charge is 0.0637 e. The van der Waals surface area contributed by atoms with Crippen LogP contribution in [0, 0.1) is 5.92 Å². The zero-order chi connectivity index (χ0) is 7.19. The second kappa shape index (κ2) is 1.95. The summed E-state index contributed by atoms with van der Waals surface area (Å²) in [6.07, 6.45) is 3.23. The first-order chi connectivity index (χ1) is 4.66. The van der Waals surface area contributed by atoms with Crippen LogP contribution in [0.3, 0.4) is 0 Å². The second-order valence-corrected chi connectivity index (χ2v) is 4.11. The molecule has 1 aliphatic heterocycles. The molecule has 2 nitrogen and oxygen atoms in total. The summed E-state index contributed by atoms with van der Waals surface area (Å²) in [5.74, 6) is 0.744. The van der Waals surface area contributed by atoms with Crippen molar-refractivity contribution in [3.05, 3.63) is 0 Å². The van der Waals surface area contributed by atoms with E-state index in [9.17, 15) is 5.11 Å². The number of hydrogen-bond donors (Lipinski definition) is 2. The number of nitrogens with one attached hydrogen (secondary N) is 1. The first-order valence-corrected chi connectivity index (χ1v) is 4.11. The lowest BCUT2D eigenvalue weighted by molar-refractivity contribution is 0.00812. The third kappa shape index (κ3) is 1.06. The van der Waals surface area contributed by atoms with Crippen LogP contribution in [0.2, 0.25) is 0 Å². The van der Waals surface area contributed by atoms with Crippen molar-refractivity contribution in [2.24, 2.45) is 5.92 Å². The van der Waals surface area contributed by atoms with Crippen LogP contribution in [0.15, 0.2) is 0 Å². The van der Waals surface area contributed by atoms with Gasteiger partial charge in [0.2, 0.25) is 0 Å². The minimum atomic E-state index is -0.378. The van der Waals surface area contributed by atoms with Crippen molar-refractivity contribution in [2.75, 3.05) is 6.54 Å². The number of rotatable bonds is 0. The van der Waals surface area contributed by atoms with Gasteiger partial charge < -0.3 is 10.4 Å². The molecule has 0 amide bonds. The van der Waals surface area contributed by atoms with Gasteiger partial charge in [-0.15, -0.1) is 0 Å². The Morgan fingerprint density at radius 1 is 1.50 bits per heavy atom. The van der Waals surface area contributed by atoms with Gasteiger partial charge in [-0.2, -0.15) is 0 Å². The van der Waals surface area contributed by atoms with Crippen LogP contribution < -0.4 is 5.32 Å². The molecule has 0 aromatic heterocycles. The molecule has 2 heteroatoms. The van der Waals surface area contributed by atoms with Gasteiger partial charge in [-0.1, -0.05) is 0 Å². The van der Waals surface area contributed by atoms with Crippen molar-refractivity contribution in [1.82, 2.24) is 5.32 Å². The van der Waals surface area contributed by atoms with E-state index in [4.69, 9.17) is 0 Å². The number of hydrogen-bond acceptors (Lipinski definition) is 2. The maximum atomic E-state index is 9.72. The molecule has 3 unspecified atom stereocenters. The lowest BCUT2D eigenvalue weighted by Crippen LogP contribution is -2.36. The van der Waals surface area contributed by atoms with Gasteiger partial charge in [0, 0.05) is 6.04 Å². The summed E-state index contributed by atoms with van der Waals surface area (Å²) >= 11 is 0. The number of fused-ring (bicyclic) bond motifs is 2. The molecule has 0 spiro atoms. The van der Waals surface area contributed by atoms with Crippen molar-refractivity contribution in [1.29, 1.82) is 0 Å². The molecule has 2 bridgehead atoms. The third-order valence-corrected chi connectivity index (χ3v) is 2.73. The number of aliphatic hydroxyl groups is 1. The molecule has 1 heterocycles. The van der Waals surface area contributed by atoms with E-state index >= 15 is 0 Å². The zero-order valence-electron chi connectivity index (χ0n) is 6.43. The highest BCUT2D eigenvalue weighted by atomic mass is 16.3. The third-order valence-electron chi connectivity index (χ3n) is 2.73. The van der Waals surface area contributed by atoms with Crippen molar-refractivity contribution < 1.29 is 5.11 Å². The lowest BCUT2D eigenvalue weighted by atomic mass is 9.80. The molecular weight excluding hydrogens is 126 g/mol. The predicted molar refractivity (Wildman–Crippen MR) is 39.8 cm³/mol. The average Bonchev–Trinajstić information content (AvgIpc) is 2.08. The molecule has 0 aromatic carbocycles. The van der Waals surface area contributed by atoms with E-state index in [1.54, 1.807) is 0 Å². The summed E-state index contributed by atoms with van der Waals surface area (Å²) in [5, 5.41) is 13.1. The van der Waals surface area contributed by atoms with E-state index in [2.05, 4.69) is 5.32 Å². The van der Waals surface area contributed by atoms with E-state index in [0.29, 0.717) is 6.04 Å². The molecular formula is C8H15NO. The molecule has 2 aliphatic rings. The monoisotopic (exact) mass is 141 g/mol. The van der Waals surface area contributed by atoms with E-state index in [1.165, 1.54) is 6.42 Å². The van der Waals surface area contributed by atoms with Crippen molar-refractivity contribution in [3.8, 4) is 0 Å². The highest BCUT2D eigenvalue weighted by molar-refractivity contribution is 4.95.